The fourth-order valence-corrected chi connectivity index (χ4v) is 3.83. The Hall–Kier alpha value is -2.26. The third-order valence-electron chi connectivity index (χ3n) is 3.03. The van der Waals surface area contributed by atoms with E-state index in [0.29, 0.717) is 5.56 Å². The van der Waals surface area contributed by atoms with Gasteiger partial charge in [-0.1, -0.05) is 11.8 Å². The molecular weight excluding hydrogens is 341 g/mol. The average Bonchev–Trinajstić information content (AvgIpc) is 3.05. The molecule has 1 aromatic heterocycles. The van der Waals surface area contributed by atoms with Gasteiger partial charge in [-0.3, -0.25) is 9.59 Å². The zero-order valence-electron chi connectivity index (χ0n) is 11.5. The van der Waals surface area contributed by atoms with Gasteiger partial charge in [-0.2, -0.15) is 5.10 Å². The standard InChI is InChI=1S/C14H10FN3O3S2/c15-9-3-7-1-2-22-12(7)8(4-9)6-16-18-14-17-13(21)10(23-14)5-11(19)20/h1-4,6,10H,5H2,(H,19,20)(H,17,18,21). The number of hydrogen-bond donors (Lipinski definition) is 2. The first-order valence-electron chi connectivity index (χ1n) is 6.50. The molecule has 1 unspecified atom stereocenters. The molecule has 3 rings (SSSR count). The summed E-state index contributed by atoms with van der Waals surface area (Å²) in [5.74, 6) is -1.82. The predicted molar refractivity (Wildman–Crippen MR) is 88.6 cm³/mol. The van der Waals surface area contributed by atoms with Crippen LogP contribution in [0.25, 0.3) is 10.1 Å². The topological polar surface area (TPSA) is 91.1 Å². The minimum atomic E-state index is -1.05. The third-order valence-corrected chi connectivity index (χ3v) is 5.08. The zero-order valence-corrected chi connectivity index (χ0v) is 13.2. The molecule has 1 aromatic carbocycles. The lowest BCUT2D eigenvalue weighted by Crippen LogP contribution is -2.26. The summed E-state index contributed by atoms with van der Waals surface area (Å²) in [4.78, 5) is 22.2. The molecule has 118 valence electrons. The van der Waals surface area contributed by atoms with Crippen molar-refractivity contribution < 1.29 is 19.1 Å². The number of carbonyl (C=O) groups is 2. The molecule has 2 heterocycles. The number of nitrogens with zero attached hydrogens (tertiary/aromatic N) is 2. The molecule has 2 aromatic rings. The number of amides is 1. The first-order chi connectivity index (χ1) is 11.0. The molecule has 1 aliphatic heterocycles. The van der Waals surface area contributed by atoms with E-state index < -0.39 is 17.1 Å². The number of thiophene rings is 1. The van der Waals surface area contributed by atoms with Crippen LogP contribution in [-0.4, -0.2) is 33.6 Å². The SMILES string of the molecule is O=C(O)CC1SC(=NN=Cc2cc(F)cc3ccsc23)NC1=O. The molecule has 2 N–H and O–H groups in total. The minimum Gasteiger partial charge on any atom is -0.481 e. The normalized spacial score (nSPS) is 19.8. The molecule has 1 saturated heterocycles. The van der Waals surface area contributed by atoms with E-state index in [4.69, 9.17) is 5.11 Å². The highest BCUT2D eigenvalue weighted by molar-refractivity contribution is 8.15. The molecule has 1 atom stereocenters. The lowest BCUT2D eigenvalue weighted by molar-refractivity contribution is -0.138. The van der Waals surface area contributed by atoms with Crippen LogP contribution in [0.3, 0.4) is 0 Å². The van der Waals surface area contributed by atoms with Crippen LogP contribution < -0.4 is 5.32 Å². The summed E-state index contributed by atoms with van der Waals surface area (Å²) in [5.41, 5.74) is 0.593. The highest BCUT2D eigenvalue weighted by atomic mass is 32.2. The number of thioether (sulfide) groups is 1. The summed E-state index contributed by atoms with van der Waals surface area (Å²) in [6.07, 6.45) is 1.13. The van der Waals surface area contributed by atoms with Gasteiger partial charge in [0.05, 0.1) is 12.6 Å². The molecule has 1 fully saturated rings. The van der Waals surface area contributed by atoms with Crippen LogP contribution in [0.5, 0.6) is 0 Å². The van der Waals surface area contributed by atoms with E-state index in [-0.39, 0.29) is 17.4 Å². The van der Waals surface area contributed by atoms with Crippen molar-refractivity contribution in [3.8, 4) is 0 Å². The van der Waals surface area contributed by atoms with Crippen LogP contribution in [-0.2, 0) is 9.59 Å². The van der Waals surface area contributed by atoms with E-state index >= 15 is 0 Å². The Morgan fingerprint density at radius 2 is 2.30 bits per heavy atom. The molecule has 0 bridgehead atoms. The fraction of sp³-hybridized carbons (Fsp3) is 0.143. The molecule has 9 heteroatoms. The lowest BCUT2D eigenvalue weighted by Gasteiger charge is -1.98. The van der Waals surface area contributed by atoms with Gasteiger partial charge in [-0.05, 0) is 29.0 Å². The summed E-state index contributed by atoms with van der Waals surface area (Å²) in [6.45, 7) is 0. The first kappa shape index (κ1) is 15.6. The summed E-state index contributed by atoms with van der Waals surface area (Å²) in [6, 6.07) is 4.62. The Balaban J connectivity index is 1.77. The van der Waals surface area contributed by atoms with Crippen LogP contribution in [0.4, 0.5) is 4.39 Å². The Kier molecular flexibility index (Phi) is 4.39. The van der Waals surface area contributed by atoms with Gasteiger partial charge in [0.1, 0.15) is 11.1 Å². The van der Waals surface area contributed by atoms with Crippen molar-refractivity contribution in [3.63, 3.8) is 0 Å². The van der Waals surface area contributed by atoms with Crippen molar-refractivity contribution in [1.82, 2.24) is 5.32 Å². The van der Waals surface area contributed by atoms with Crippen LogP contribution in [0.1, 0.15) is 12.0 Å². The number of aliphatic carboxylic acids is 1. The second-order valence-electron chi connectivity index (χ2n) is 4.68. The molecule has 0 saturated carbocycles. The van der Waals surface area contributed by atoms with Crippen molar-refractivity contribution in [3.05, 3.63) is 35.0 Å². The molecular formula is C14H10FN3O3S2. The maximum absolute atomic E-state index is 13.5. The van der Waals surface area contributed by atoms with Gasteiger partial charge in [0.2, 0.25) is 5.91 Å². The maximum Gasteiger partial charge on any atom is 0.305 e. The maximum atomic E-state index is 13.5. The third kappa shape index (κ3) is 3.57. The number of rotatable bonds is 4. The van der Waals surface area contributed by atoms with Crippen molar-refractivity contribution in [2.24, 2.45) is 10.2 Å². The molecule has 6 nitrogen and oxygen atoms in total. The summed E-state index contributed by atoms with van der Waals surface area (Å²) in [5, 5.41) is 21.1. The number of halogens is 1. The van der Waals surface area contributed by atoms with Gasteiger partial charge in [0, 0.05) is 10.3 Å². The monoisotopic (exact) mass is 351 g/mol. The highest BCUT2D eigenvalue weighted by Crippen LogP contribution is 2.25. The number of carboxylic acid groups (broad SMARTS) is 1. The Labute approximate surface area is 138 Å². The van der Waals surface area contributed by atoms with Crippen LogP contribution >= 0.6 is 23.1 Å². The molecule has 1 aliphatic rings. The van der Waals surface area contributed by atoms with Crippen LogP contribution in [0, 0.1) is 5.82 Å². The number of fused-ring (bicyclic) bond motifs is 1. The second kappa shape index (κ2) is 6.47. The van der Waals surface area contributed by atoms with E-state index in [9.17, 15) is 14.0 Å². The number of hydrogen-bond acceptors (Lipinski definition) is 6. The number of carbonyl (C=O) groups excluding carboxylic acids is 1. The Morgan fingerprint density at radius 1 is 1.48 bits per heavy atom. The predicted octanol–water partition coefficient (Wildman–Crippen LogP) is 2.44. The van der Waals surface area contributed by atoms with Crippen molar-refractivity contribution in [1.29, 1.82) is 0 Å². The van der Waals surface area contributed by atoms with E-state index in [1.165, 1.54) is 29.7 Å². The second-order valence-corrected chi connectivity index (χ2v) is 6.78. The van der Waals surface area contributed by atoms with E-state index in [2.05, 4.69) is 15.5 Å². The van der Waals surface area contributed by atoms with Gasteiger partial charge < -0.3 is 10.4 Å². The van der Waals surface area contributed by atoms with Crippen LogP contribution in [0.2, 0.25) is 0 Å². The van der Waals surface area contributed by atoms with Gasteiger partial charge in [-0.25, -0.2) is 4.39 Å². The zero-order chi connectivity index (χ0) is 16.4. The number of nitrogens with one attached hydrogen (secondary N) is 1. The van der Waals surface area contributed by atoms with E-state index in [0.717, 1.165) is 21.8 Å². The summed E-state index contributed by atoms with van der Waals surface area (Å²) in [7, 11) is 0. The van der Waals surface area contributed by atoms with Gasteiger partial charge in [0.25, 0.3) is 0 Å². The van der Waals surface area contributed by atoms with Gasteiger partial charge >= 0.3 is 5.97 Å². The number of amidine groups is 1. The Morgan fingerprint density at radius 3 is 3.09 bits per heavy atom. The van der Waals surface area contributed by atoms with Crippen molar-refractivity contribution in [2.45, 2.75) is 11.7 Å². The molecule has 0 radical (unpaired) electrons. The highest BCUT2D eigenvalue weighted by Gasteiger charge is 2.32. The van der Waals surface area contributed by atoms with Crippen molar-refractivity contribution >= 4 is 56.4 Å². The largest absolute Gasteiger partial charge is 0.481 e. The quantitative estimate of drug-likeness (QED) is 0.654. The number of carboxylic acids is 1. The fourth-order valence-electron chi connectivity index (χ4n) is 2.06. The molecule has 23 heavy (non-hydrogen) atoms. The van der Waals surface area contributed by atoms with Crippen molar-refractivity contribution in [2.75, 3.05) is 0 Å². The lowest BCUT2D eigenvalue weighted by atomic mass is 10.2. The minimum absolute atomic E-state index is 0.233. The molecule has 0 aliphatic carbocycles. The summed E-state index contributed by atoms with van der Waals surface area (Å²) < 4.78 is 14.4. The first-order valence-corrected chi connectivity index (χ1v) is 8.26. The smallest absolute Gasteiger partial charge is 0.305 e. The summed E-state index contributed by atoms with van der Waals surface area (Å²) >= 11 is 2.48. The van der Waals surface area contributed by atoms with Gasteiger partial charge in [0.15, 0.2) is 5.17 Å². The average molecular weight is 351 g/mol. The van der Waals surface area contributed by atoms with Gasteiger partial charge in [-0.15, -0.1) is 16.4 Å². The van der Waals surface area contributed by atoms with E-state index in [1.807, 2.05) is 11.4 Å². The van der Waals surface area contributed by atoms with E-state index in [1.54, 1.807) is 0 Å². The van der Waals surface area contributed by atoms with Crippen LogP contribution in [0.15, 0.2) is 33.8 Å². The number of benzene rings is 1. The Bertz CT molecular complexity index is 847. The molecule has 1 amide bonds. The molecule has 0 spiro atoms.